The van der Waals surface area contributed by atoms with Crippen LogP contribution >= 0.6 is 0 Å². The van der Waals surface area contributed by atoms with Gasteiger partial charge in [0.25, 0.3) is 0 Å². The van der Waals surface area contributed by atoms with Gasteiger partial charge in [-0.3, -0.25) is 4.28 Å². The van der Waals surface area contributed by atoms with Gasteiger partial charge in [-0.2, -0.15) is 26.9 Å². The van der Waals surface area contributed by atoms with Crippen LogP contribution in [-0.2, 0) is 14.4 Å². The molecule has 0 bridgehead atoms. The van der Waals surface area contributed by atoms with Crippen molar-refractivity contribution in [2.75, 3.05) is 0 Å². The summed E-state index contributed by atoms with van der Waals surface area (Å²) in [6, 6.07) is 1.52. The van der Waals surface area contributed by atoms with Crippen molar-refractivity contribution < 1.29 is 25.9 Å². The van der Waals surface area contributed by atoms with Crippen LogP contribution in [-0.4, -0.2) is 19.6 Å². The molecule has 9 heteroatoms. The topological polar surface area (TPSA) is 79.5 Å². The Kier molecular flexibility index (Phi) is 4.34. The van der Waals surface area contributed by atoms with E-state index in [1.807, 2.05) is 0 Å². The number of nitriles is 1. The number of allylic oxidation sites excluding steroid dienone is 2. The van der Waals surface area contributed by atoms with Gasteiger partial charge in [-0.15, -0.1) is 0 Å². The van der Waals surface area contributed by atoms with Gasteiger partial charge in [-0.25, -0.2) is 0 Å². The quantitative estimate of drug-likeness (QED) is 0.451. The summed E-state index contributed by atoms with van der Waals surface area (Å²) in [5, 5.41) is 11.5. The molecule has 0 atom stereocenters. The van der Waals surface area contributed by atoms with E-state index < -0.39 is 21.3 Å². The monoisotopic (exact) mass is 282 g/mol. The molecule has 0 fully saturated rings. The Morgan fingerprint density at radius 2 is 2.11 bits per heavy atom. The van der Waals surface area contributed by atoms with E-state index >= 15 is 0 Å². The average molecular weight is 282 g/mol. The van der Waals surface area contributed by atoms with E-state index in [9.17, 15) is 21.6 Å². The Balaban J connectivity index is 2.89. The van der Waals surface area contributed by atoms with Gasteiger partial charge in [-0.05, 0) is 31.3 Å². The minimum atomic E-state index is -5.81. The molecule has 18 heavy (non-hydrogen) atoms. The van der Waals surface area contributed by atoms with Crippen molar-refractivity contribution in [1.82, 2.24) is 0 Å². The molecule has 0 amide bonds. The third kappa shape index (κ3) is 3.46. The van der Waals surface area contributed by atoms with E-state index in [1.54, 1.807) is 6.08 Å². The number of alkyl halides is 3. The molecular weight excluding hydrogens is 273 g/mol. The lowest BCUT2D eigenvalue weighted by Gasteiger charge is -2.10. The largest absolute Gasteiger partial charge is 0.536 e. The van der Waals surface area contributed by atoms with Gasteiger partial charge >= 0.3 is 15.6 Å². The predicted molar refractivity (Wildman–Crippen MR) is 55.7 cm³/mol. The van der Waals surface area contributed by atoms with Crippen LogP contribution in [0.3, 0.4) is 0 Å². The van der Waals surface area contributed by atoms with E-state index in [4.69, 9.17) is 5.26 Å². The van der Waals surface area contributed by atoms with Crippen molar-refractivity contribution in [2.45, 2.75) is 31.2 Å². The van der Waals surface area contributed by atoms with Gasteiger partial charge in [0.2, 0.25) is 0 Å². The molecule has 1 aliphatic rings. The Morgan fingerprint density at radius 1 is 1.44 bits per heavy atom. The van der Waals surface area contributed by atoms with Gasteiger partial charge in [-0.1, -0.05) is 11.2 Å². The molecule has 0 N–H and O–H groups in total. The summed E-state index contributed by atoms with van der Waals surface area (Å²) in [5.41, 5.74) is -5.60. The smallest absolute Gasteiger partial charge is 0.260 e. The van der Waals surface area contributed by atoms with Gasteiger partial charge in [0.1, 0.15) is 6.07 Å². The predicted octanol–water partition coefficient (Wildman–Crippen LogP) is 2.23. The van der Waals surface area contributed by atoms with Crippen LogP contribution in [0.15, 0.2) is 16.8 Å². The summed E-state index contributed by atoms with van der Waals surface area (Å²) >= 11 is 0. The number of oxime groups is 1. The summed E-state index contributed by atoms with van der Waals surface area (Å²) in [4.78, 5) is 0. The lowest BCUT2D eigenvalue weighted by atomic mass is 9.97. The fourth-order valence-electron chi connectivity index (χ4n) is 1.33. The van der Waals surface area contributed by atoms with Crippen LogP contribution in [0.1, 0.15) is 25.7 Å². The van der Waals surface area contributed by atoms with Crippen molar-refractivity contribution in [2.24, 2.45) is 5.16 Å². The molecule has 0 unspecified atom stereocenters. The van der Waals surface area contributed by atoms with Crippen LogP contribution in [0.2, 0.25) is 0 Å². The number of hydrogen-bond donors (Lipinski definition) is 0. The zero-order chi connectivity index (χ0) is 13.8. The number of nitrogens with zero attached hydrogens (tertiary/aromatic N) is 2. The van der Waals surface area contributed by atoms with Crippen molar-refractivity contribution in [3.8, 4) is 6.07 Å². The molecule has 0 aromatic rings. The normalized spacial score (nSPS) is 17.9. The summed E-state index contributed by atoms with van der Waals surface area (Å²) in [6.07, 6.45) is 4.43. The van der Waals surface area contributed by atoms with Crippen LogP contribution < -0.4 is 0 Å². The molecule has 0 aromatic carbocycles. The average Bonchev–Trinajstić information content (AvgIpc) is 2.29. The molecule has 5 nitrogen and oxygen atoms in total. The number of halogens is 3. The van der Waals surface area contributed by atoms with Gasteiger partial charge in [0, 0.05) is 0 Å². The number of hydrogen-bond acceptors (Lipinski definition) is 5. The molecule has 0 saturated heterocycles. The molecule has 0 spiro atoms. The van der Waals surface area contributed by atoms with Gasteiger partial charge in [0.05, 0.1) is 0 Å². The maximum atomic E-state index is 12.0. The van der Waals surface area contributed by atoms with Gasteiger partial charge < -0.3 is 0 Å². The maximum absolute atomic E-state index is 12.0. The lowest BCUT2D eigenvalue weighted by Crippen LogP contribution is -2.24. The first-order valence-corrected chi connectivity index (χ1v) is 6.36. The summed E-state index contributed by atoms with van der Waals surface area (Å²) < 4.78 is 60.5. The Morgan fingerprint density at radius 3 is 2.56 bits per heavy atom. The van der Waals surface area contributed by atoms with E-state index in [2.05, 4.69) is 9.44 Å². The van der Waals surface area contributed by atoms with E-state index in [1.165, 1.54) is 6.07 Å². The third-order valence-electron chi connectivity index (χ3n) is 2.21. The van der Waals surface area contributed by atoms with E-state index in [0.29, 0.717) is 18.4 Å². The second kappa shape index (κ2) is 5.39. The molecule has 0 aliphatic heterocycles. The van der Waals surface area contributed by atoms with Crippen LogP contribution in [0.4, 0.5) is 13.2 Å². The van der Waals surface area contributed by atoms with Crippen molar-refractivity contribution >= 4 is 15.8 Å². The maximum Gasteiger partial charge on any atom is 0.536 e. The standard InChI is InChI=1S/C9H9F3N2O3S/c10-9(11,12)18(15,16)17-14-8(6-13)7-4-2-1-3-5-7/h4H,1-3,5H2/b14-8+. The fourth-order valence-corrected chi connectivity index (χ4v) is 1.59. The highest BCUT2D eigenvalue weighted by Gasteiger charge is 2.49. The molecule has 0 heterocycles. The highest BCUT2D eigenvalue weighted by atomic mass is 32.2. The zero-order valence-corrected chi connectivity index (χ0v) is 9.88. The SMILES string of the molecule is N#C/C(=N\OS(=O)(=O)C(F)(F)F)C1=CCCCC1. The second-order valence-electron chi connectivity index (χ2n) is 3.50. The first-order chi connectivity index (χ1) is 8.28. The summed E-state index contributed by atoms with van der Waals surface area (Å²) in [6.45, 7) is 0. The Bertz CT molecular complexity index is 514. The molecule has 0 aromatic heterocycles. The van der Waals surface area contributed by atoms with Crippen LogP contribution in [0.25, 0.3) is 0 Å². The zero-order valence-electron chi connectivity index (χ0n) is 9.07. The molecule has 0 saturated carbocycles. The van der Waals surface area contributed by atoms with E-state index in [0.717, 1.165) is 12.8 Å². The molecule has 0 radical (unpaired) electrons. The Labute approximate surface area is 102 Å². The summed E-state index contributed by atoms with van der Waals surface area (Å²) in [5.74, 6) is 0. The van der Waals surface area contributed by atoms with E-state index in [-0.39, 0.29) is 0 Å². The lowest BCUT2D eigenvalue weighted by molar-refractivity contribution is -0.0540. The molecule has 100 valence electrons. The highest BCUT2D eigenvalue weighted by molar-refractivity contribution is 7.87. The van der Waals surface area contributed by atoms with Crippen molar-refractivity contribution in [3.63, 3.8) is 0 Å². The van der Waals surface area contributed by atoms with Crippen molar-refractivity contribution in [3.05, 3.63) is 11.6 Å². The van der Waals surface area contributed by atoms with Crippen molar-refractivity contribution in [1.29, 1.82) is 5.26 Å². The first-order valence-electron chi connectivity index (χ1n) is 4.95. The fraction of sp³-hybridized carbons (Fsp3) is 0.556. The number of rotatable bonds is 3. The molecule has 1 rings (SSSR count). The highest BCUT2D eigenvalue weighted by Crippen LogP contribution is 2.25. The summed E-state index contributed by atoms with van der Waals surface area (Å²) in [7, 11) is -5.81. The molecule has 1 aliphatic carbocycles. The third-order valence-corrected chi connectivity index (χ3v) is 3.05. The Hall–Kier alpha value is -1.56. The van der Waals surface area contributed by atoms with Crippen LogP contribution in [0.5, 0.6) is 0 Å². The minimum absolute atomic E-state index is 0.404. The molecular formula is C9H9F3N2O3S. The van der Waals surface area contributed by atoms with Gasteiger partial charge in [0.15, 0.2) is 5.71 Å². The van der Waals surface area contributed by atoms with Crippen LogP contribution in [0, 0.1) is 11.3 Å². The second-order valence-corrected chi connectivity index (χ2v) is 5.02. The minimum Gasteiger partial charge on any atom is -0.260 e. The first kappa shape index (κ1) is 14.5.